The number of hydrogen-bond acceptors (Lipinski definition) is 2. The van der Waals surface area contributed by atoms with Crippen molar-refractivity contribution in [3.8, 4) is 6.07 Å². The highest BCUT2D eigenvalue weighted by molar-refractivity contribution is 5.86. The van der Waals surface area contributed by atoms with Gasteiger partial charge in [-0.1, -0.05) is 25.7 Å². The van der Waals surface area contributed by atoms with Gasteiger partial charge in [-0.15, -0.1) is 0 Å². The minimum absolute atomic E-state index is 0.168. The predicted octanol–water partition coefficient (Wildman–Crippen LogP) is 3.25. The molecule has 2 saturated carbocycles. The molecule has 0 N–H and O–H groups in total. The molecule has 0 aromatic carbocycles. The molecule has 0 aromatic heterocycles. The number of amides is 1. The highest BCUT2D eigenvalue weighted by atomic mass is 16.2. The molecule has 1 saturated heterocycles. The number of likely N-dealkylation sites (tertiary alicyclic amines) is 1. The first kappa shape index (κ1) is 13.0. The SMILES string of the molecule is N#CC1(C(=O)N2CCCC2C2CCCC2)CCCC1. The van der Waals surface area contributed by atoms with Gasteiger partial charge >= 0.3 is 0 Å². The fourth-order valence-corrected chi connectivity index (χ4v) is 4.50. The van der Waals surface area contributed by atoms with Gasteiger partial charge in [-0.25, -0.2) is 0 Å². The van der Waals surface area contributed by atoms with E-state index in [4.69, 9.17) is 0 Å². The van der Waals surface area contributed by atoms with Crippen LogP contribution in [0.4, 0.5) is 0 Å². The van der Waals surface area contributed by atoms with Crippen LogP contribution in [0.2, 0.25) is 0 Å². The van der Waals surface area contributed by atoms with Crippen molar-refractivity contribution < 1.29 is 4.79 Å². The molecule has 1 unspecified atom stereocenters. The number of nitrogens with zero attached hydrogens (tertiary/aromatic N) is 2. The van der Waals surface area contributed by atoms with Crippen molar-refractivity contribution in [1.29, 1.82) is 5.26 Å². The van der Waals surface area contributed by atoms with E-state index in [1.165, 1.54) is 25.7 Å². The third kappa shape index (κ3) is 2.16. The molecule has 3 rings (SSSR count). The number of rotatable bonds is 2. The van der Waals surface area contributed by atoms with E-state index in [9.17, 15) is 10.1 Å². The molecule has 0 radical (unpaired) electrons. The summed E-state index contributed by atoms with van der Waals surface area (Å²) in [5.74, 6) is 0.880. The Kier molecular flexibility index (Phi) is 3.52. The van der Waals surface area contributed by atoms with E-state index in [1.54, 1.807) is 0 Å². The first-order valence-corrected chi connectivity index (χ1v) is 7.99. The number of hydrogen-bond donors (Lipinski definition) is 0. The van der Waals surface area contributed by atoms with Gasteiger partial charge in [-0.3, -0.25) is 4.79 Å². The molecule has 0 aromatic rings. The van der Waals surface area contributed by atoms with Crippen molar-refractivity contribution in [2.75, 3.05) is 6.54 Å². The third-order valence-corrected chi connectivity index (χ3v) is 5.58. The van der Waals surface area contributed by atoms with Crippen LogP contribution in [0.5, 0.6) is 0 Å². The van der Waals surface area contributed by atoms with Gasteiger partial charge in [-0.2, -0.15) is 5.26 Å². The summed E-state index contributed by atoms with van der Waals surface area (Å²) in [7, 11) is 0. The molecule has 3 fully saturated rings. The molecule has 19 heavy (non-hydrogen) atoms. The van der Waals surface area contributed by atoms with Gasteiger partial charge in [0.2, 0.25) is 5.91 Å². The van der Waals surface area contributed by atoms with Crippen LogP contribution >= 0.6 is 0 Å². The molecule has 1 amide bonds. The number of carbonyl (C=O) groups is 1. The van der Waals surface area contributed by atoms with Gasteiger partial charge in [0, 0.05) is 12.6 Å². The quantitative estimate of drug-likeness (QED) is 0.765. The van der Waals surface area contributed by atoms with Crippen LogP contribution in [0.3, 0.4) is 0 Å². The van der Waals surface area contributed by atoms with Crippen LogP contribution in [0.1, 0.15) is 64.2 Å². The Morgan fingerprint density at radius 3 is 2.37 bits per heavy atom. The Bertz CT molecular complexity index is 386. The summed E-state index contributed by atoms with van der Waals surface area (Å²) in [6, 6.07) is 2.82. The summed E-state index contributed by atoms with van der Waals surface area (Å²) in [6.07, 6.45) is 11.2. The maximum Gasteiger partial charge on any atom is 0.243 e. The maximum absolute atomic E-state index is 12.9. The van der Waals surface area contributed by atoms with Gasteiger partial charge in [0.1, 0.15) is 5.41 Å². The minimum Gasteiger partial charge on any atom is -0.338 e. The number of carbonyl (C=O) groups excluding carboxylic acids is 1. The van der Waals surface area contributed by atoms with Crippen molar-refractivity contribution in [2.45, 2.75) is 70.3 Å². The second-order valence-corrected chi connectivity index (χ2v) is 6.65. The van der Waals surface area contributed by atoms with E-state index < -0.39 is 5.41 Å². The van der Waals surface area contributed by atoms with E-state index in [-0.39, 0.29) is 5.91 Å². The molecule has 1 heterocycles. The molecule has 3 aliphatic rings. The van der Waals surface area contributed by atoms with Crippen LogP contribution in [0.15, 0.2) is 0 Å². The fourth-order valence-electron chi connectivity index (χ4n) is 4.50. The topological polar surface area (TPSA) is 44.1 Å². The largest absolute Gasteiger partial charge is 0.338 e. The zero-order valence-corrected chi connectivity index (χ0v) is 11.7. The van der Waals surface area contributed by atoms with E-state index >= 15 is 0 Å². The third-order valence-electron chi connectivity index (χ3n) is 5.58. The Labute approximate surface area is 116 Å². The van der Waals surface area contributed by atoms with Crippen LogP contribution in [-0.4, -0.2) is 23.4 Å². The zero-order valence-electron chi connectivity index (χ0n) is 11.7. The summed E-state index contributed by atoms with van der Waals surface area (Å²) in [6.45, 7) is 0.892. The average Bonchev–Trinajstić information content (AvgIpc) is 3.17. The van der Waals surface area contributed by atoms with Crippen LogP contribution < -0.4 is 0 Å². The Morgan fingerprint density at radius 1 is 1.05 bits per heavy atom. The van der Waals surface area contributed by atoms with Crippen molar-refractivity contribution >= 4 is 5.91 Å². The van der Waals surface area contributed by atoms with Gasteiger partial charge in [0.05, 0.1) is 6.07 Å². The molecule has 3 heteroatoms. The standard InChI is InChI=1S/C16H24N2O/c17-12-16(9-3-4-10-16)15(19)18-11-5-8-14(18)13-6-1-2-7-13/h13-14H,1-11H2. The summed E-state index contributed by atoms with van der Waals surface area (Å²) in [5.41, 5.74) is -0.665. The summed E-state index contributed by atoms with van der Waals surface area (Å²) >= 11 is 0. The smallest absolute Gasteiger partial charge is 0.243 e. The molecular formula is C16H24N2O. The predicted molar refractivity (Wildman–Crippen MR) is 73.2 cm³/mol. The van der Waals surface area contributed by atoms with Gasteiger partial charge in [0.25, 0.3) is 0 Å². The molecule has 3 nitrogen and oxygen atoms in total. The molecule has 104 valence electrons. The molecule has 1 aliphatic heterocycles. The van der Waals surface area contributed by atoms with Crippen molar-refractivity contribution in [2.24, 2.45) is 11.3 Å². The van der Waals surface area contributed by atoms with Gasteiger partial charge in [0.15, 0.2) is 0 Å². The summed E-state index contributed by atoms with van der Waals surface area (Å²) in [4.78, 5) is 15.0. The Balaban J connectivity index is 1.76. The van der Waals surface area contributed by atoms with Crippen molar-refractivity contribution in [1.82, 2.24) is 4.90 Å². The lowest BCUT2D eigenvalue weighted by molar-refractivity contribution is -0.140. The fraction of sp³-hybridized carbons (Fsp3) is 0.875. The Morgan fingerprint density at radius 2 is 1.74 bits per heavy atom. The molecule has 0 bridgehead atoms. The van der Waals surface area contributed by atoms with Crippen LogP contribution in [0, 0.1) is 22.7 Å². The highest BCUT2D eigenvalue weighted by Gasteiger charge is 2.47. The summed E-state index contributed by atoms with van der Waals surface area (Å²) < 4.78 is 0. The normalized spacial score (nSPS) is 30.7. The highest BCUT2D eigenvalue weighted by Crippen LogP contribution is 2.43. The lowest BCUT2D eigenvalue weighted by Crippen LogP contribution is -2.46. The number of nitriles is 1. The summed E-state index contributed by atoms with van der Waals surface area (Å²) in [5, 5.41) is 9.50. The lowest BCUT2D eigenvalue weighted by atomic mass is 9.85. The van der Waals surface area contributed by atoms with E-state index in [0.29, 0.717) is 12.0 Å². The van der Waals surface area contributed by atoms with Crippen molar-refractivity contribution in [3.05, 3.63) is 0 Å². The molecule has 2 aliphatic carbocycles. The van der Waals surface area contributed by atoms with Crippen molar-refractivity contribution in [3.63, 3.8) is 0 Å². The first-order chi connectivity index (χ1) is 9.27. The second kappa shape index (κ2) is 5.15. The van der Waals surface area contributed by atoms with Gasteiger partial charge in [-0.05, 0) is 44.4 Å². The monoisotopic (exact) mass is 260 g/mol. The van der Waals surface area contributed by atoms with Crippen LogP contribution in [0.25, 0.3) is 0 Å². The van der Waals surface area contributed by atoms with E-state index in [2.05, 4.69) is 11.0 Å². The molecule has 0 spiro atoms. The maximum atomic E-state index is 12.9. The zero-order chi connectivity index (χ0) is 13.3. The minimum atomic E-state index is -0.665. The van der Waals surface area contributed by atoms with Crippen LogP contribution in [-0.2, 0) is 4.79 Å². The molecule has 1 atom stereocenters. The van der Waals surface area contributed by atoms with Gasteiger partial charge < -0.3 is 4.90 Å². The van der Waals surface area contributed by atoms with E-state index in [0.717, 1.165) is 45.1 Å². The second-order valence-electron chi connectivity index (χ2n) is 6.65. The van der Waals surface area contributed by atoms with E-state index in [1.807, 2.05) is 0 Å². The average molecular weight is 260 g/mol. The lowest BCUT2D eigenvalue weighted by Gasteiger charge is -2.34. The Hall–Kier alpha value is -1.04. The first-order valence-electron chi connectivity index (χ1n) is 7.99. The molecular weight excluding hydrogens is 236 g/mol.